The maximum Gasteiger partial charge on any atom is 0.276 e. The normalized spacial score (nSPS) is 13.4. The summed E-state index contributed by atoms with van der Waals surface area (Å²) in [4.78, 5) is 13.3. The molecular formula is C24H26ClN3O3. The van der Waals surface area contributed by atoms with Crippen molar-refractivity contribution in [2.75, 3.05) is 25.6 Å². The number of halogens is 1. The van der Waals surface area contributed by atoms with Crippen LogP contribution in [0, 0.1) is 0 Å². The predicted molar refractivity (Wildman–Crippen MR) is 122 cm³/mol. The van der Waals surface area contributed by atoms with Crippen LogP contribution in [0.4, 0.5) is 5.69 Å². The van der Waals surface area contributed by atoms with Crippen LogP contribution in [0.1, 0.15) is 41.0 Å². The van der Waals surface area contributed by atoms with Crippen molar-refractivity contribution in [3.05, 3.63) is 70.5 Å². The molecule has 7 heteroatoms. The van der Waals surface area contributed by atoms with Gasteiger partial charge in [-0.3, -0.25) is 4.79 Å². The fourth-order valence-electron chi connectivity index (χ4n) is 3.90. The average Bonchev–Trinajstić information content (AvgIpc) is 2.97. The fourth-order valence-corrected chi connectivity index (χ4v) is 4.13. The molecule has 31 heavy (non-hydrogen) atoms. The second-order valence-corrected chi connectivity index (χ2v) is 7.90. The molecule has 0 bridgehead atoms. The molecule has 0 spiro atoms. The quantitative estimate of drug-likeness (QED) is 0.412. The first kappa shape index (κ1) is 21.4. The predicted octanol–water partition coefficient (Wildman–Crippen LogP) is 5.07. The number of hydrogen-bond donors (Lipinski definition) is 1. The lowest BCUT2D eigenvalue weighted by Gasteiger charge is -2.13. The lowest BCUT2D eigenvalue weighted by atomic mass is 10.1. The molecule has 0 fully saturated rings. The van der Waals surface area contributed by atoms with E-state index in [9.17, 15) is 4.79 Å². The van der Waals surface area contributed by atoms with Crippen LogP contribution >= 0.6 is 11.6 Å². The molecule has 6 nitrogen and oxygen atoms in total. The molecule has 0 atom stereocenters. The van der Waals surface area contributed by atoms with Crippen LogP contribution in [0.2, 0.25) is 5.02 Å². The summed E-state index contributed by atoms with van der Waals surface area (Å²) in [6.07, 6.45) is 5.05. The molecule has 1 aliphatic carbocycles. The molecule has 2 aromatic carbocycles. The van der Waals surface area contributed by atoms with Gasteiger partial charge in [0.05, 0.1) is 23.0 Å². The first-order valence-electron chi connectivity index (χ1n) is 10.6. The van der Waals surface area contributed by atoms with Crippen LogP contribution < -0.4 is 10.1 Å². The van der Waals surface area contributed by atoms with Gasteiger partial charge in [-0.2, -0.15) is 5.10 Å². The zero-order valence-electron chi connectivity index (χ0n) is 17.6. The molecule has 3 aromatic rings. The monoisotopic (exact) mass is 439 g/mol. The highest BCUT2D eigenvalue weighted by Gasteiger charge is 2.25. The Kier molecular flexibility index (Phi) is 6.89. The molecule has 1 heterocycles. The molecule has 4 rings (SSSR count). The van der Waals surface area contributed by atoms with Crippen LogP contribution in [-0.2, 0) is 17.6 Å². The van der Waals surface area contributed by atoms with Crippen molar-refractivity contribution < 1.29 is 14.3 Å². The molecule has 0 saturated carbocycles. The Bertz CT molecular complexity index is 1050. The third-order valence-corrected chi connectivity index (χ3v) is 5.69. The van der Waals surface area contributed by atoms with Gasteiger partial charge in [0.2, 0.25) is 0 Å². The molecule has 162 valence electrons. The van der Waals surface area contributed by atoms with Crippen molar-refractivity contribution in [1.82, 2.24) is 9.78 Å². The Morgan fingerprint density at radius 3 is 2.68 bits per heavy atom. The number of nitrogens with zero attached hydrogens (tertiary/aromatic N) is 2. The number of methoxy groups -OCH3 is 1. The first-order chi connectivity index (χ1) is 15.2. The summed E-state index contributed by atoms with van der Waals surface area (Å²) < 4.78 is 12.7. The van der Waals surface area contributed by atoms with E-state index in [1.165, 1.54) is 0 Å². The molecular weight excluding hydrogens is 414 g/mol. The molecule has 0 saturated heterocycles. The van der Waals surface area contributed by atoms with Gasteiger partial charge in [-0.1, -0.05) is 42.3 Å². The van der Waals surface area contributed by atoms with Crippen LogP contribution in [0.5, 0.6) is 5.75 Å². The lowest BCUT2D eigenvalue weighted by Crippen LogP contribution is -2.16. The number of aromatic nitrogens is 2. The van der Waals surface area contributed by atoms with E-state index in [1.807, 2.05) is 35.0 Å². The zero-order valence-corrected chi connectivity index (χ0v) is 18.3. The van der Waals surface area contributed by atoms with Gasteiger partial charge in [-0.05, 0) is 49.9 Å². The number of carbonyl (C=O) groups is 1. The van der Waals surface area contributed by atoms with Crippen molar-refractivity contribution in [1.29, 1.82) is 0 Å². The summed E-state index contributed by atoms with van der Waals surface area (Å²) in [5.41, 5.74) is 4.10. The topological polar surface area (TPSA) is 65.4 Å². The third-order valence-electron chi connectivity index (χ3n) is 5.40. The molecule has 1 aromatic heterocycles. The number of fused-ring (bicyclic) bond motifs is 1. The van der Waals surface area contributed by atoms with Gasteiger partial charge in [0.1, 0.15) is 6.61 Å². The minimum Gasteiger partial charge on any atom is -0.487 e. The SMILES string of the molecule is COCCOc1c(Cl)cccc1NC(=O)c1nn(-c2ccccc2)c2c1CCCCC2. The summed E-state index contributed by atoms with van der Waals surface area (Å²) in [6.45, 7) is 0.759. The molecule has 0 radical (unpaired) electrons. The number of rotatable bonds is 7. The van der Waals surface area contributed by atoms with Crippen molar-refractivity contribution >= 4 is 23.2 Å². The second-order valence-electron chi connectivity index (χ2n) is 7.49. The smallest absolute Gasteiger partial charge is 0.276 e. The van der Waals surface area contributed by atoms with E-state index in [1.54, 1.807) is 25.3 Å². The number of ether oxygens (including phenoxy) is 2. The Hall–Kier alpha value is -2.83. The first-order valence-corrected chi connectivity index (χ1v) is 10.9. The number of amides is 1. The summed E-state index contributed by atoms with van der Waals surface area (Å²) in [6, 6.07) is 15.3. The number of nitrogens with one attached hydrogen (secondary N) is 1. The molecule has 1 N–H and O–H groups in total. The van der Waals surface area contributed by atoms with Gasteiger partial charge in [0.15, 0.2) is 11.4 Å². The van der Waals surface area contributed by atoms with E-state index >= 15 is 0 Å². The fraction of sp³-hybridized carbons (Fsp3) is 0.333. The van der Waals surface area contributed by atoms with E-state index < -0.39 is 0 Å². The lowest BCUT2D eigenvalue weighted by molar-refractivity contribution is 0.102. The summed E-state index contributed by atoms with van der Waals surface area (Å²) >= 11 is 6.32. The van der Waals surface area contributed by atoms with Gasteiger partial charge in [-0.25, -0.2) is 4.68 Å². The molecule has 1 amide bonds. The summed E-state index contributed by atoms with van der Waals surface area (Å²) in [7, 11) is 1.60. The third kappa shape index (κ3) is 4.75. The second kappa shape index (κ2) is 9.98. The molecule has 1 aliphatic rings. The van der Waals surface area contributed by atoms with E-state index in [4.69, 9.17) is 26.2 Å². The minimum atomic E-state index is -0.258. The van der Waals surface area contributed by atoms with Crippen LogP contribution in [0.25, 0.3) is 5.69 Å². The average molecular weight is 440 g/mol. The number of para-hydroxylation sites is 2. The number of anilines is 1. The van der Waals surface area contributed by atoms with E-state index in [0.717, 1.165) is 49.0 Å². The Morgan fingerprint density at radius 2 is 1.87 bits per heavy atom. The molecule has 0 unspecified atom stereocenters. The Labute approximate surface area is 187 Å². The maximum atomic E-state index is 13.3. The highest BCUT2D eigenvalue weighted by atomic mass is 35.5. The summed E-state index contributed by atoms with van der Waals surface area (Å²) in [5, 5.41) is 8.14. The van der Waals surface area contributed by atoms with Gasteiger partial charge >= 0.3 is 0 Å². The van der Waals surface area contributed by atoms with Crippen LogP contribution in [-0.4, -0.2) is 36.0 Å². The van der Waals surface area contributed by atoms with E-state index in [-0.39, 0.29) is 5.91 Å². The Morgan fingerprint density at radius 1 is 1.06 bits per heavy atom. The number of benzene rings is 2. The standard InChI is InChI=1S/C24H26ClN3O3/c1-30-15-16-31-23-19(25)12-8-13-20(23)26-24(29)22-18-11-6-3-7-14-21(18)28(27-22)17-9-4-2-5-10-17/h2,4-5,8-10,12-13H,3,6-7,11,14-16H2,1H3,(H,26,29). The van der Waals surface area contributed by atoms with Crippen molar-refractivity contribution in [2.45, 2.75) is 32.1 Å². The zero-order chi connectivity index (χ0) is 21.6. The number of hydrogen-bond acceptors (Lipinski definition) is 4. The van der Waals surface area contributed by atoms with Gasteiger partial charge < -0.3 is 14.8 Å². The van der Waals surface area contributed by atoms with Crippen LogP contribution in [0.15, 0.2) is 48.5 Å². The highest BCUT2D eigenvalue weighted by Crippen LogP contribution is 2.34. The van der Waals surface area contributed by atoms with Crippen molar-refractivity contribution in [2.24, 2.45) is 0 Å². The van der Waals surface area contributed by atoms with Crippen LogP contribution in [0.3, 0.4) is 0 Å². The van der Waals surface area contributed by atoms with Gasteiger partial charge in [-0.15, -0.1) is 0 Å². The Balaban J connectivity index is 1.67. The van der Waals surface area contributed by atoms with Gasteiger partial charge in [0, 0.05) is 18.4 Å². The molecule has 0 aliphatic heterocycles. The van der Waals surface area contributed by atoms with E-state index in [0.29, 0.717) is 35.4 Å². The van der Waals surface area contributed by atoms with Crippen molar-refractivity contribution in [3.63, 3.8) is 0 Å². The van der Waals surface area contributed by atoms with Crippen molar-refractivity contribution in [3.8, 4) is 11.4 Å². The highest BCUT2D eigenvalue weighted by molar-refractivity contribution is 6.32. The largest absolute Gasteiger partial charge is 0.487 e. The minimum absolute atomic E-state index is 0.258. The van der Waals surface area contributed by atoms with Gasteiger partial charge in [0.25, 0.3) is 5.91 Å². The summed E-state index contributed by atoms with van der Waals surface area (Å²) in [5.74, 6) is 0.176. The number of carbonyl (C=O) groups excluding carboxylic acids is 1. The maximum absolute atomic E-state index is 13.3. The van der Waals surface area contributed by atoms with E-state index in [2.05, 4.69) is 5.32 Å².